The molecule has 2 aromatic carbocycles. The Balaban J connectivity index is 1.52. The molecule has 1 heterocycles. The lowest BCUT2D eigenvalue weighted by atomic mass is 10.1. The Bertz CT molecular complexity index is 995. The van der Waals surface area contributed by atoms with Crippen LogP contribution in [0.15, 0.2) is 47.4 Å². The van der Waals surface area contributed by atoms with Crippen LogP contribution in [0.25, 0.3) is 0 Å². The molecule has 6 heteroatoms. The number of nitrogens with one attached hydrogen (secondary N) is 1. The van der Waals surface area contributed by atoms with Crippen molar-refractivity contribution in [3.05, 3.63) is 59.2 Å². The van der Waals surface area contributed by atoms with Crippen LogP contribution in [-0.2, 0) is 27.7 Å². The SMILES string of the molecule is CCc1ccc([C@H](C)NS(=O)(=O)c2ccc3c(c2)CCN3C(=O)C2CC2)cc1. The summed E-state index contributed by atoms with van der Waals surface area (Å²) in [5.74, 6) is 0.340. The Hall–Kier alpha value is -2.18. The Labute approximate surface area is 166 Å². The molecule has 1 aliphatic heterocycles. The lowest BCUT2D eigenvalue weighted by Gasteiger charge is -2.18. The van der Waals surface area contributed by atoms with Crippen molar-refractivity contribution in [3.8, 4) is 0 Å². The van der Waals surface area contributed by atoms with Crippen LogP contribution >= 0.6 is 0 Å². The van der Waals surface area contributed by atoms with Crippen molar-refractivity contribution in [2.24, 2.45) is 5.92 Å². The van der Waals surface area contributed by atoms with Crippen LogP contribution in [0.1, 0.15) is 49.4 Å². The summed E-state index contributed by atoms with van der Waals surface area (Å²) in [5, 5.41) is 0. The van der Waals surface area contributed by atoms with Crippen LogP contribution < -0.4 is 9.62 Å². The molecule has 1 N–H and O–H groups in total. The van der Waals surface area contributed by atoms with Gasteiger partial charge in [-0.3, -0.25) is 4.79 Å². The van der Waals surface area contributed by atoms with Crippen molar-refractivity contribution >= 4 is 21.6 Å². The molecule has 2 aromatic rings. The summed E-state index contributed by atoms with van der Waals surface area (Å²) in [7, 11) is -3.64. The van der Waals surface area contributed by atoms with Crippen LogP contribution in [-0.4, -0.2) is 20.9 Å². The minimum absolute atomic E-state index is 0.163. The van der Waals surface area contributed by atoms with Crippen molar-refractivity contribution in [2.45, 2.75) is 50.5 Å². The average molecular weight is 399 g/mol. The molecule has 0 spiro atoms. The number of carbonyl (C=O) groups excluding carboxylic acids is 1. The molecule has 0 bridgehead atoms. The molecular formula is C22H26N2O3S. The molecule has 148 valence electrons. The number of amides is 1. The van der Waals surface area contributed by atoms with E-state index < -0.39 is 10.0 Å². The maximum absolute atomic E-state index is 12.9. The average Bonchev–Trinajstić information content (AvgIpc) is 3.46. The van der Waals surface area contributed by atoms with Gasteiger partial charge in [0.2, 0.25) is 15.9 Å². The zero-order chi connectivity index (χ0) is 19.9. The van der Waals surface area contributed by atoms with Gasteiger partial charge in [0.15, 0.2) is 0 Å². The molecule has 2 aliphatic rings. The molecule has 1 atom stereocenters. The third kappa shape index (κ3) is 3.71. The van der Waals surface area contributed by atoms with Crippen molar-refractivity contribution in [2.75, 3.05) is 11.4 Å². The third-order valence-electron chi connectivity index (χ3n) is 5.67. The van der Waals surface area contributed by atoms with Gasteiger partial charge in [0.05, 0.1) is 4.90 Å². The van der Waals surface area contributed by atoms with Crippen molar-refractivity contribution < 1.29 is 13.2 Å². The van der Waals surface area contributed by atoms with E-state index in [1.165, 1.54) is 5.56 Å². The number of hydrogen-bond donors (Lipinski definition) is 1. The minimum Gasteiger partial charge on any atom is -0.312 e. The van der Waals surface area contributed by atoms with Crippen LogP contribution in [0.2, 0.25) is 0 Å². The molecule has 1 aliphatic carbocycles. The molecular weight excluding hydrogens is 372 g/mol. The Morgan fingerprint density at radius 1 is 1.18 bits per heavy atom. The molecule has 28 heavy (non-hydrogen) atoms. The van der Waals surface area contributed by atoms with Gasteiger partial charge in [-0.15, -0.1) is 0 Å². The Kier molecular flexibility index (Phi) is 5.02. The first-order valence-corrected chi connectivity index (χ1v) is 11.4. The van der Waals surface area contributed by atoms with E-state index in [1.54, 1.807) is 18.2 Å². The highest BCUT2D eigenvalue weighted by atomic mass is 32.2. The lowest BCUT2D eigenvalue weighted by molar-refractivity contribution is -0.119. The fourth-order valence-electron chi connectivity index (χ4n) is 3.74. The second-order valence-electron chi connectivity index (χ2n) is 7.74. The first-order valence-electron chi connectivity index (χ1n) is 9.94. The van der Waals surface area contributed by atoms with Gasteiger partial charge < -0.3 is 4.90 Å². The van der Waals surface area contributed by atoms with Crippen molar-refractivity contribution in [1.82, 2.24) is 4.72 Å². The molecule has 0 aromatic heterocycles. The summed E-state index contributed by atoms with van der Waals surface area (Å²) in [4.78, 5) is 14.5. The molecule has 5 nitrogen and oxygen atoms in total. The number of hydrogen-bond acceptors (Lipinski definition) is 3. The second-order valence-corrected chi connectivity index (χ2v) is 9.46. The van der Waals surface area contributed by atoms with E-state index in [-0.39, 0.29) is 22.8 Å². The molecule has 0 unspecified atom stereocenters. The minimum atomic E-state index is -3.64. The summed E-state index contributed by atoms with van der Waals surface area (Å²) >= 11 is 0. The zero-order valence-corrected chi connectivity index (χ0v) is 17.1. The predicted octanol–water partition coefficient (Wildman–Crippen LogP) is 3.59. The lowest BCUT2D eigenvalue weighted by Crippen LogP contribution is -2.30. The maximum Gasteiger partial charge on any atom is 0.241 e. The first-order chi connectivity index (χ1) is 13.4. The highest BCUT2D eigenvalue weighted by molar-refractivity contribution is 7.89. The van der Waals surface area contributed by atoms with Gasteiger partial charge in [-0.2, -0.15) is 0 Å². The number of fused-ring (bicyclic) bond motifs is 1. The smallest absolute Gasteiger partial charge is 0.241 e. The largest absolute Gasteiger partial charge is 0.312 e. The van der Waals surface area contributed by atoms with E-state index in [9.17, 15) is 13.2 Å². The van der Waals surface area contributed by atoms with Gasteiger partial charge in [0, 0.05) is 24.2 Å². The number of aryl methyl sites for hydroxylation is 1. The molecule has 1 amide bonds. The van der Waals surface area contributed by atoms with Crippen LogP contribution in [0, 0.1) is 5.92 Å². The van der Waals surface area contributed by atoms with Gasteiger partial charge >= 0.3 is 0 Å². The highest BCUT2D eigenvalue weighted by Crippen LogP contribution is 2.37. The van der Waals surface area contributed by atoms with Crippen LogP contribution in [0.3, 0.4) is 0 Å². The van der Waals surface area contributed by atoms with Gasteiger partial charge in [0.1, 0.15) is 0 Å². The summed E-state index contributed by atoms with van der Waals surface area (Å²) < 4.78 is 28.5. The zero-order valence-electron chi connectivity index (χ0n) is 16.3. The molecule has 0 radical (unpaired) electrons. The monoisotopic (exact) mass is 398 g/mol. The van der Waals surface area contributed by atoms with E-state index in [2.05, 4.69) is 11.6 Å². The van der Waals surface area contributed by atoms with E-state index >= 15 is 0 Å². The summed E-state index contributed by atoms with van der Waals surface area (Å²) in [6, 6.07) is 12.8. The number of rotatable bonds is 6. The Morgan fingerprint density at radius 2 is 1.89 bits per heavy atom. The normalized spacial score (nSPS) is 17.4. The second kappa shape index (κ2) is 7.33. The standard InChI is InChI=1S/C22H26N2O3S/c1-3-16-4-6-17(7-5-16)15(2)23-28(26,27)20-10-11-21-19(14-20)12-13-24(21)22(25)18-8-9-18/h4-7,10-11,14-15,18,23H,3,8-9,12-13H2,1-2H3/t15-/m0/s1. The maximum atomic E-state index is 12.9. The quantitative estimate of drug-likeness (QED) is 0.809. The van der Waals surface area contributed by atoms with Crippen LogP contribution in [0.4, 0.5) is 5.69 Å². The number of carbonyl (C=O) groups is 1. The predicted molar refractivity (Wildman–Crippen MR) is 110 cm³/mol. The number of anilines is 1. The molecule has 1 fully saturated rings. The van der Waals surface area contributed by atoms with E-state index in [1.807, 2.05) is 36.1 Å². The third-order valence-corrected chi connectivity index (χ3v) is 7.21. The van der Waals surface area contributed by atoms with Gasteiger partial charge in [-0.1, -0.05) is 31.2 Å². The van der Waals surface area contributed by atoms with Crippen molar-refractivity contribution in [1.29, 1.82) is 0 Å². The molecule has 4 rings (SSSR count). The fourth-order valence-corrected chi connectivity index (χ4v) is 5.02. The van der Waals surface area contributed by atoms with Crippen LogP contribution in [0.5, 0.6) is 0 Å². The summed E-state index contributed by atoms with van der Waals surface area (Å²) in [6.45, 7) is 4.58. The summed E-state index contributed by atoms with van der Waals surface area (Å²) in [6.07, 6.45) is 3.59. The number of nitrogens with zero attached hydrogens (tertiary/aromatic N) is 1. The van der Waals surface area contributed by atoms with E-state index in [4.69, 9.17) is 0 Å². The first kappa shape index (κ1) is 19.2. The van der Waals surface area contributed by atoms with Gasteiger partial charge in [-0.05, 0) is 67.5 Å². The van der Waals surface area contributed by atoms with Gasteiger partial charge in [0.25, 0.3) is 0 Å². The fraction of sp³-hybridized carbons (Fsp3) is 0.409. The van der Waals surface area contributed by atoms with Crippen molar-refractivity contribution in [3.63, 3.8) is 0 Å². The van der Waals surface area contributed by atoms with E-state index in [0.29, 0.717) is 13.0 Å². The van der Waals surface area contributed by atoms with Gasteiger partial charge in [-0.25, -0.2) is 13.1 Å². The molecule has 0 saturated heterocycles. The Morgan fingerprint density at radius 3 is 2.54 bits per heavy atom. The highest BCUT2D eigenvalue weighted by Gasteiger charge is 2.36. The number of benzene rings is 2. The number of sulfonamides is 1. The summed E-state index contributed by atoms with van der Waals surface area (Å²) in [5.41, 5.74) is 3.95. The topological polar surface area (TPSA) is 66.5 Å². The van der Waals surface area contributed by atoms with E-state index in [0.717, 1.165) is 36.1 Å². The molecule has 1 saturated carbocycles.